The van der Waals surface area contributed by atoms with E-state index in [2.05, 4.69) is 27.0 Å². The molecule has 0 radical (unpaired) electrons. The van der Waals surface area contributed by atoms with Crippen molar-refractivity contribution in [2.75, 3.05) is 0 Å². The predicted molar refractivity (Wildman–Crippen MR) is 80.0 cm³/mol. The van der Waals surface area contributed by atoms with Crippen LogP contribution in [0.15, 0.2) is 47.5 Å². The number of nitriles is 1. The van der Waals surface area contributed by atoms with Gasteiger partial charge in [-0.3, -0.25) is 4.98 Å². The fourth-order valence-electron chi connectivity index (χ4n) is 2.23. The van der Waals surface area contributed by atoms with Crippen molar-refractivity contribution in [3.8, 4) is 17.2 Å². The van der Waals surface area contributed by atoms with Crippen LogP contribution in [0.5, 0.6) is 0 Å². The molecule has 1 N–H and O–H groups in total. The van der Waals surface area contributed by atoms with Crippen molar-refractivity contribution in [1.82, 2.24) is 9.38 Å². The molecule has 0 aliphatic rings. The standard InChI is InChI=1S/C15H8BrN3O2/c16-14-13(9-1-3-10(4-2-9)15(20)21)11(7-17)12-8-18-5-6-19(12)14/h1-6,8H,(H,20,21). The van der Waals surface area contributed by atoms with Crippen molar-refractivity contribution >= 4 is 27.4 Å². The van der Waals surface area contributed by atoms with Gasteiger partial charge in [-0.15, -0.1) is 0 Å². The fourth-order valence-corrected chi connectivity index (χ4v) is 2.96. The van der Waals surface area contributed by atoms with Crippen LogP contribution >= 0.6 is 15.9 Å². The number of aromatic nitrogens is 2. The van der Waals surface area contributed by atoms with Gasteiger partial charge in [0.25, 0.3) is 0 Å². The summed E-state index contributed by atoms with van der Waals surface area (Å²) in [6.45, 7) is 0. The molecule has 2 heterocycles. The summed E-state index contributed by atoms with van der Waals surface area (Å²) in [5, 5.41) is 18.4. The van der Waals surface area contributed by atoms with Gasteiger partial charge in [-0.05, 0) is 33.6 Å². The third-order valence-corrected chi connectivity index (χ3v) is 3.99. The number of carbonyl (C=O) groups is 1. The molecule has 0 aliphatic heterocycles. The smallest absolute Gasteiger partial charge is 0.335 e. The van der Waals surface area contributed by atoms with Crippen molar-refractivity contribution in [3.05, 3.63) is 58.6 Å². The lowest BCUT2D eigenvalue weighted by molar-refractivity contribution is 0.0697. The summed E-state index contributed by atoms with van der Waals surface area (Å²) in [6, 6.07) is 8.61. The van der Waals surface area contributed by atoms with Crippen molar-refractivity contribution in [2.45, 2.75) is 0 Å². The number of hydrogen-bond acceptors (Lipinski definition) is 3. The van der Waals surface area contributed by atoms with Crippen molar-refractivity contribution in [2.24, 2.45) is 0 Å². The van der Waals surface area contributed by atoms with E-state index in [4.69, 9.17) is 5.11 Å². The van der Waals surface area contributed by atoms with Crippen LogP contribution in [0.1, 0.15) is 15.9 Å². The average Bonchev–Trinajstić information content (AvgIpc) is 2.80. The maximum absolute atomic E-state index is 10.9. The molecular weight excluding hydrogens is 334 g/mol. The number of nitrogens with zero attached hydrogens (tertiary/aromatic N) is 3. The summed E-state index contributed by atoms with van der Waals surface area (Å²) in [5.74, 6) is -0.979. The maximum atomic E-state index is 10.9. The molecular formula is C15H8BrN3O2. The molecule has 1 aromatic carbocycles. The van der Waals surface area contributed by atoms with Crippen LogP contribution in [0, 0.1) is 11.3 Å². The van der Waals surface area contributed by atoms with Gasteiger partial charge in [-0.2, -0.15) is 5.26 Å². The second-order valence-corrected chi connectivity index (χ2v) is 5.12. The number of fused-ring (bicyclic) bond motifs is 1. The molecule has 0 saturated carbocycles. The van der Waals surface area contributed by atoms with Gasteiger partial charge in [0.1, 0.15) is 6.07 Å². The van der Waals surface area contributed by atoms with Crippen molar-refractivity contribution < 1.29 is 9.90 Å². The number of hydrogen-bond donors (Lipinski definition) is 1. The van der Waals surface area contributed by atoms with Gasteiger partial charge in [0.05, 0.1) is 27.4 Å². The van der Waals surface area contributed by atoms with Crippen LogP contribution in [0.25, 0.3) is 16.6 Å². The normalized spacial score (nSPS) is 10.5. The van der Waals surface area contributed by atoms with Gasteiger partial charge in [-0.25, -0.2) is 4.79 Å². The predicted octanol–water partition coefficient (Wildman–Crippen LogP) is 3.33. The molecule has 0 atom stereocenters. The first-order valence-electron chi connectivity index (χ1n) is 6.01. The Kier molecular flexibility index (Phi) is 3.20. The quantitative estimate of drug-likeness (QED) is 0.775. The maximum Gasteiger partial charge on any atom is 0.335 e. The SMILES string of the molecule is N#Cc1c(-c2ccc(C(=O)O)cc2)c(Br)n2ccncc12. The van der Waals surface area contributed by atoms with E-state index in [1.807, 2.05) is 4.40 Å². The monoisotopic (exact) mass is 341 g/mol. The van der Waals surface area contributed by atoms with Crippen LogP contribution in [0.2, 0.25) is 0 Å². The fraction of sp³-hybridized carbons (Fsp3) is 0. The molecule has 6 heteroatoms. The van der Waals surface area contributed by atoms with Crippen LogP contribution in [-0.4, -0.2) is 20.5 Å². The second kappa shape index (κ2) is 5.04. The molecule has 102 valence electrons. The van der Waals surface area contributed by atoms with E-state index < -0.39 is 5.97 Å². The number of carboxylic acids is 1. The van der Waals surface area contributed by atoms with Crippen LogP contribution < -0.4 is 0 Å². The zero-order chi connectivity index (χ0) is 15.0. The van der Waals surface area contributed by atoms with Crippen LogP contribution in [0.4, 0.5) is 0 Å². The molecule has 0 bridgehead atoms. The zero-order valence-electron chi connectivity index (χ0n) is 10.6. The molecule has 3 aromatic rings. The first kappa shape index (κ1) is 13.3. The minimum atomic E-state index is -0.979. The van der Waals surface area contributed by atoms with Gasteiger partial charge in [0.15, 0.2) is 0 Å². The number of benzene rings is 1. The molecule has 0 aliphatic carbocycles. The molecule has 0 saturated heterocycles. The number of halogens is 1. The van der Waals surface area contributed by atoms with E-state index >= 15 is 0 Å². The third kappa shape index (κ3) is 2.08. The molecule has 21 heavy (non-hydrogen) atoms. The molecule has 2 aromatic heterocycles. The summed E-state index contributed by atoms with van der Waals surface area (Å²) in [5.41, 5.74) is 2.90. The Morgan fingerprint density at radius 1 is 1.33 bits per heavy atom. The largest absolute Gasteiger partial charge is 0.478 e. The van der Waals surface area contributed by atoms with E-state index in [1.54, 1.807) is 30.7 Å². The Labute approximate surface area is 128 Å². The summed E-state index contributed by atoms with van der Waals surface area (Å²) >= 11 is 3.50. The van der Waals surface area contributed by atoms with Crippen molar-refractivity contribution in [3.63, 3.8) is 0 Å². The number of carboxylic acid groups (broad SMARTS) is 1. The number of aromatic carboxylic acids is 1. The minimum Gasteiger partial charge on any atom is -0.478 e. The lowest BCUT2D eigenvalue weighted by atomic mass is 10.0. The third-order valence-electron chi connectivity index (χ3n) is 3.21. The topological polar surface area (TPSA) is 78.4 Å². The molecule has 0 fully saturated rings. The Morgan fingerprint density at radius 2 is 2.05 bits per heavy atom. The van der Waals surface area contributed by atoms with E-state index in [0.29, 0.717) is 11.1 Å². The molecule has 3 rings (SSSR count). The average molecular weight is 342 g/mol. The Morgan fingerprint density at radius 3 is 2.67 bits per heavy atom. The second-order valence-electron chi connectivity index (χ2n) is 4.37. The minimum absolute atomic E-state index is 0.207. The summed E-state index contributed by atoms with van der Waals surface area (Å²) < 4.78 is 2.56. The molecule has 0 spiro atoms. The summed E-state index contributed by atoms with van der Waals surface area (Å²) in [4.78, 5) is 14.9. The Bertz CT molecular complexity index is 892. The van der Waals surface area contributed by atoms with E-state index in [-0.39, 0.29) is 5.56 Å². The highest BCUT2D eigenvalue weighted by Gasteiger charge is 2.18. The number of rotatable bonds is 2. The zero-order valence-corrected chi connectivity index (χ0v) is 12.2. The Hall–Kier alpha value is -2.65. The first-order valence-corrected chi connectivity index (χ1v) is 6.80. The van der Waals surface area contributed by atoms with Gasteiger partial charge in [-0.1, -0.05) is 12.1 Å². The lowest BCUT2D eigenvalue weighted by Gasteiger charge is -2.02. The highest BCUT2D eigenvalue weighted by molar-refractivity contribution is 9.10. The van der Waals surface area contributed by atoms with Crippen LogP contribution in [-0.2, 0) is 0 Å². The van der Waals surface area contributed by atoms with Crippen molar-refractivity contribution in [1.29, 1.82) is 5.26 Å². The Balaban J connectivity index is 2.27. The van der Waals surface area contributed by atoms with Crippen LogP contribution in [0.3, 0.4) is 0 Å². The van der Waals surface area contributed by atoms with Gasteiger partial charge in [0.2, 0.25) is 0 Å². The van der Waals surface area contributed by atoms with E-state index in [1.165, 1.54) is 12.1 Å². The summed E-state index contributed by atoms with van der Waals surface area (Å²) in [7, 11) is 0. The lowest BCUT2D eigenvalue weighted by Crippen LogP contribution is -1.95. The molecule has 0 unspecified atom stereocenters. The van der Waals surface area contributed by atoms with Gasteiger partial charge >= 0.3 is 5.97 Å². The highest BCUT2D eigenvalue weighted by Crippen LogP contribution is 2.35. The van der Waals surface area contributed by atoms with E-state index in [9.17, 15) is 10.1 Å². The highest BCUT2D eigenvalue weighted by atomic mass is 79.9. The van der Waals surface area contributed by atoms with Gasteiger partial charge < -0.3 is 9.51 Å². The first-order chi connectivity index (χ1) is 10.1. The van der Waals surface area contributed by atoms with E-state index in [0.717, 1.165) is 15.7 Å². The van der Waals surface area contributed by atoms with Gasteiger partial charge in [0, 0.05) is 18.0 Å². The summed E-state index contributed by atoms with van der Waals surface area (Å²) in [6.07, 6.45) is 5.02. The molecule has 0 amide bonds. The molecule has 5 nitrogen and oxygen atoms in total.